The Bertz CT molecular complexity index is 772. The molecule has 0 spiro atoms. The van der Waals surface area contributed by atoms with E-state index in [0.29, 0.717) is 5.92 Å². The van der Waals surface area contributed by atoms with E-state index < -0.39 is 0 Å². The van der Waals surface area contributed by atoms with Crippen molar-refractivity contribution in [3.05, 3.63) is 51.7 Å². The molecule has 0 atom stereocenters. The third-order valence-corrected chi connectivity index (χ3v) is 6.05. The van der Waals surface area contributed by atoms with Crippen LogP contribution in [-0.4, -0.2) is 48.6 Å². The Morgan fingerprint density at radius 1 is 1.23 bits per heavy atom. The van der Waals surface area contributed by atoms with E-state index in [2.05, 4.69) is 39.7 Å². The number of nitrogens with zero attached hydrogens (tertiary/aromatic N) is 3. The van der Waals surface area contributed by atoms with Crippen LogP contribution in [0.4, 0.5) is 4.39 Å². The van der Waals surface area contributed by atoms with Crippen molar-refractivity contribution in [3.63, 3.8) is 0 Å². The second-order valence-electron chi connectivity index (χ2n) is 7.60. The molecule has 0 amide bonds. The summed E-state index contributed by atoms with van der Waals surface area (Å²) < 4.78 is 13.0. The molecule has 2 aromatic rings. The molecule has 0 bridgehead atoms. The largest absolute Gasteiger partial charge is 0.357 e. The molecule has 1 aliphatic heterocycles. The Morgan fingerprint density at radius 3 is 2.60 bits per heavy atom. The van der Waals surface area contributed by atoms with Crippen molar-refractivity contribution in [2.75, 3.05) is 32.7 Å². The van der Waals surface area contributed by atoms with Crippen molar-refractivity contribution in [1.82, 2.24) is 20.5 Å². The lowest BCUT2D eigenvalue weighted by molar-refractivity contribution is 0.179. The minimum Gasteiger partial charge on any atom is -0.357 e. The lowest BCUT2D eigenvalue weighted by Gasteiger charge is -2.30. The van der Waals surface area contributed by atoms with Gasteiger partial charge in [-0.25, -0.2) is 9.37 Å². The SMILES string of the molecule is CCNC(=NCC1CCN(Cc2csc(C)n2)CC1)NCCc1ccc(F)cc1.I. The molecule has 2 heterocycles. The predicted octanol–water partition coefficient (Wildman–Crippen LogP) is 4.22. The van der Waals surface area contributed by atoms with Crippen LogP contribution in [0.15, 0.2) is 34.6 Å². The number of nitrogens with one attached hydrogen (secondary N) is 2. The normalized spacial score (nSPS) is 15.6. The first-order valence-corrected chi connectivity index (χ1v) is 11.4. The molecule has 3 rings (SSSR count). The second kappa shape index (κ2) is 13.2. The maximum Gasteiger partial charge on any atom is 0.191 e. The molecular weight excluding hydrogens is 512 g/mol. The smallest absolute Gasteiger partial charge is 0.191 e. The van der Waals surface area contributed by atoms with Crippen LogP contribution in [-0.2, 0) is 13.0 Å². The number of piperidine rings is 1. The summed E-state index contributed by atoms with van der Waals surface area (Å²) in [7, 11) is 0. The zero-order chi connectivity index (χ0) is 20.5. The van der Waals surface area contributed by atoms with E-state index >= 15 is 0 Å². The van der Waals surface area contributed by atoms with E-state index in [4.69, 9.17) is 4.99 Å². The molecule has 1 aromatic heterocycles. The monoisotopic (exact) mass is 545 g/mol. The van der Waals surface area contributed by atoms with Gasteiger partial charge >= 0.3 is 0 Å². The number of aromatic nitrogens is 1. The number of thiazole rings is 1. The Kier molecular flexibility index (Phi) is 11.0. The molecule has 0 aliphatic carbocycles. The fourth-order valence-electron chi connectivity index (χ4n) is 3.58. The van der Waals surface area contributed by atoms with E-state index in [-0.39, 0.29) is 29.8 Å². The lowest BCUT2D eigenvalue weighted by Crippen LogP contribution is -2.39. The van der Waals surface area contributed by atoms with Gasteiger partial charge in [-0.1, -0.05) is 12.1 Å². The number of likely N-dealkylation sites (tertiary alicyclic amines) is 1. The summed E-state index contributed by atoms with van der Waals surface area (Å²) in [5.74, 6) is 1.32. The first kappa shape index (κ1) is 25.0. The Hall–Kier alpha value is -1.26. The van der Waals surface area contributed by atoms with Gasteiger partial charge in [0.25, 0.3) is 0 Å². The van der Waals surface area contributed by atoms with Crippen LogP contribution in [0.1, 0.15) is 36.0 Å². The average molecular weight is 546 g/mol. The molecule has 0 radical (unpaired) electrons. The molecule has 30 heavy (non-hydrogen) atoms. The van der Waals surface area contributed by atoms with E-state index in [1.54, 1.807) is 11.3 Å². The van der Waals surface area contributed by atoms with Gasteiger partial charge in [-0.3, -0.25) is 9.89 Å². The minimum atomic E-state index is -0.190. The van der Waals surface area contributed by atoms with Crippen molar-refractivity contribution in [2.45, 2.75) is 39.7 Å². The molecule has 0 saturated carbocycles. The number of aryl methyl sites for hydroxylation is 1. The van der Waals surface area contributed by atoms with Crippen LogP contribution in [0.25, 0.3) is 0 Å². The highest BCUT2D eigenvalue weighted by Crippen LogP contribution is 2.20. The number of hydrogen-bond donors (Lipinski definition) is 2. The Labute approximate surface area is 200 Å². The fourth-order valence-corrected chi connectivity index (χ4v) is 4.18. The van der Waals surface area contributed by atoms with Gasteiger partial charge in [0.1, 0.15) is 5.82 Å². The molecular formula is C22H33FIN5S. The third-order valence-electron chi connectivity index (χ3n) is 5.23. The minimum absolute atomic E-state index is 0. The van der Waals surface area contributed by atoms with Crippen LogP contribution in [0, 0.1) is 18.7 Å². The standard InChI is InChI=1S/C22H32FN5S.HI/c1-3-24-22(25-11-8-18-4-6-20(23)7-5-18)26-14-19-9-12-28(13-10-19)15-21-16-29-17(2)27-21;/h4-7,16,19H,3,8-15H2,1-2H3,(H2,24,25,26);1H. The molecule has 1 aliphatic rings. The molecule has 5 nitrogen and oxygen atoms in total. The van der Waals surface area contributed by atoms with Gasteiger partial charge in [-0.05, 0) is 69.8 Å². The van der Waals surface area contributed by atoms with Crippen molar-refractivity contribution in [2.24, 2.45) is 10.9 Å². The summed E-state index contributed by atoms with van der Waals surface area (Å²) in [4.78, 5) is 11.9. The molecule has 166 valence electrons. The highest BCUT2D eigenvalue weighted by molar-refractivity contribution is 14.0. The molecule has 0 unspecified atom stereocenters. The first-order chi connectivity index (χ1) is 14.1. The van der Waals surface area contributed by atoms with Crippen LogP contribution >= 0.6 is 35.3 Å². The maximum absolute atomic E-state index is 13.0. The Morgan fingerprint density at radius 2 is 1.97 bits per heavy atom. The number of benzene rings is 1. The van der Waals surface area contributed by atoms with Crippen LogP contribution < -0.4 is 10.6 Å². The number of aliphatic imine (C=N–C) groups is 1. The summed E-state index contributed by atoms with van der Waals surface area (Å²) in [6.45, 7) is 9.82. The van der Waals surface area contributed by atoms with E-state index in [1.807, 2.05) is 12.1 Å². The van der Waals surface area contributed by atoms with E-state index in [9.17, 15) is 4.39 Å². The van der Waals surface area contributed by atoms with Crippen LogP contribution in [0.3, 0.4) is 0 Å². The van der Waals surface area contributed by atoms with Crippen LogP contribution in [0.2, 0.25) is 0 Å². The quantitative estimate of drug-likeness (QED) is 0.297. The molecule has 1 aromatic carbocycles. The summed E-state index contributed by atoms with van der Waals surface area (Å²) >= 11 is 1.73. The number of halogens is 2. The van der Waals surface area contributed by atoms with Gasteiger partial charge < -0.3 is 10.6 Å². The summed E-state index contributed by atoms with van der Waals surface area (Å²) in [5, 5.41) is 10.0. The zero-order valence-electron chi connectivity index (χ0n) is 17.9. The lowest BCUT2D eigenvalue weighted by atomic mass is 9.97. The number of guanidine groups is 1. The Balaban J connectivity index is 0.00000320. The maximum atomic E-state index is 13.0. The van der Waals surface area contributed by atoms with Crippen molar-refractivity contribution in [3.8, 4) is 0 Å². The van der Waals surface area contributed by atoms with Crippen molar-refractivity contribution >= 4 is 41.3 Å². The molecule has 8 heteroatoms. The molecule has 2 N–H and O–H groups in total. The third kappa shape index (κ3) is 8.47. The van der Waals surface area contributed by atoms with Gasteiger partial charge in [-0.2, -0.15) is 0 Å². The van der Waals surface area contributed by atoms with E-state index in [1.165, 1.54) is 30.7 Å². The molecule has 1 saturated heterocycles. The van der Waals surface area contributed by atoms with Gasteiger partial charge in [0, 0.05) is 31.6 Å². The van der Waals surface area contributed by atoms with Gasteiger partial charge in [0.2, 0.25) is 0 Å². The van der Waals surface area contributed by atoms with Crippen molar-refractivity contribution in [1.29, 1.82) is 0 Å². The second-order valence-corrected chi connectivity index (χ2v) is 8.66. The highest BCUT2D eigenvalue weighted by Gasteiger charge is 2.19. The summed E-state index contributed by atoms with van der Waals surface area (Å²) in [5.41, 5.74) is 2.32. The average Bonchev–Trinajstić information content (AvgIpc) is 3.13. The van der Waals surface area contributed by atoms with Crippen LogP contribution in [0.5, 0.6) is 0 Å². The van der Waals surface area contributed by atoms with E-state index in [0.717, 1.165) is 62.2 Å². The summed E-state index contributed by atoms with van der Waals surface area (Å²) in [6, 6.07) is 6.69. The summed E-state index contributed by atoms with van der Waals surface area (Å²) in [6.07, 6.45) is 3.21. The number of rotatable bonds is 8. The first-order valence-electron chi connectivity index (χ1n) is 10.5. The number of hydrogen-bond acceptors (Lipinski definition) is 4. The highest BCUT2D eigenvalue weighted by atomic mass is 127. The van der Waals surface area contributed by atoms with Gasteiger partial charge in [0.05, 0.1) is 10.7 Å². The van der Waals surface area contributed by atoms with Gasteiger partial charge in [-0.15, -0.1) is 35.3 Å². The fraction of sp³-hybridized carbons (Fsp3) is 0.545. The predicted molar refractivity (Wildman–Crippen MR) is 134 cm³/mol. The molecule has 1 fully saturated rings. The van der Waals surface area contributed by atoms with Gasteiger partial charge in [0.15, 0.2) is 5.96 Å². The van der Waals surface area contributed by atoms with Crippen molar-refractivity contribution < 1.29 is 4.39 Å². The zero-order valence-corrected chi connectivity index (χ0v) is 21.0. The topological polar surface area (TPSA) is 52.6 Å².